The van der Waals surface area contributed by atoms with Gasteiger partial charge in [0.25, 0.3) is 0 Å². The summed E-state index contributed by atoms with van der Waals surface area (Å²) in [7, 11) is 1.38. The normalized spacial score (nSPS) is 29.1. The summed E-state index contributed by atoms with van der Waals surface area (Å²) in [6.45, 7) is 0.549. The standard InChI is InChI=1S/C15H17NO4/c1-19-14(17)12-7-11-8-13(15(18)20-11)16(12)9-10-5-3-2-4-6-10/h2-6,11-13H,7-9H2,1H3/t11-,12-,13+/m1/s1. The first-order valence-corrected chi connectivity index (χ1v) is 6.77. The van der Waals surface area contributed by atoms with Crippen molar-refractivity contribution in [2.24, 2.45) is 0 Å². The van der Waals surface area contributed by atoms with E-state index >= 15 is 0 Å². The van der Waals surface area contributed by atoms with Crippen molar-refractivity contribution in [3.63, 3.8) is 0 Å². The lowest BCUT2D eigenvalue weighted by Crippen LogP contribution is -2.52. The molecule has 5 heteroatoms. The molecule has 0 amide bonds. The molecule has 1 aromatic rings. The van der Waals surface area contributed by atoms with E-state index in [4.69, 9.17) is 9.47 Å². The predicted octanol–water partition coefficient (Wildman–Crippen LogP) is 1.12. The molecule has 5 nitrogen and oxygen atoms in total. The second-order valence-electron chi connectivity index (χ2n) is 5.24. The molecule has 3 rings (SSSR count). The summed E-state index contributed by atoms with van der Waals surface area (Å²) < 4.78 is 10.2. The number of carbonyl (C=O) groups excluding carboxylic acids is 2. The maximum absolute atomic E-state index is 12.0. The SMILES string of the molecule is COC(=O)[C@H]1C[C@@H]2C[C@@H](C(=O)O2)N1Cc1ccccc1. The fourth-order valence-corrected chi connectivity index (χ4v) is 3.04. The minimum Gasteiger partial charge on any atom is -0.468 e. The van der Waals surface area contributed by atoms with Crippen LogP contribution in [0, 0.1) is 0 Å². The van der Waals surface area contributed by atoms with Crippen LogP contribution in [-0.4, -0.2) is 42.1 Å². The van der Waals surface area contributed by atoms with Crippen LogP contribution in [0.2, 0.25) is 0 Å². The van der Waals surface area contributed by atoms with Crippen LogP contribution in [0.4, 0.5) is 0 Å². The van der Waals surface area contributed by atoms with Crippen molar-refractivity contribution in [3.8, 4) is 0 Å². The highest BCUT2D eigenvalue weighted by molar-refractivity contribution is 5.82. The summed E-state index contributed by atoms with van der Waals surface area (Å²) in [5.74, 6) is -0.522. The van der Waals surface area contributed by atoms with Crippen molar-refractivity contribution in [1.29, 1.82) is 0 Å². The number of esters is 2. The third-order valence-corrected chi connectivity index (χ3v) is 4.01. The number of hydrogen-bond donors (Lipinski definition) is 0. The summed E-state index contributed by atoms with van der Waals surface area (Å²) in [4.78, 5) is 25.8. The number of piperidine rings is 1. The first-order valence-electron chi connectivity index (χ1n) is 6.77. The van der Waals surface area contributed by atoms with Crippen molar-refractivity contribution in [3.05, 3.63) is 35.9 Å². The molecule has 0 saturated carbocycles. The number of methoxy groups -OCH3 is 1. The van der Waals surface area contributed by atoms with Gasteiger partial charge in [-0.25, -0.2) is 0 Å². The molecular formula is C15H17NO4. The third kappa shape index (κ3) is 2.29. The second kappa shape index (κ2) is 5.25. The lowest BCUT2D eigenvalue weighted by Gasteiger charge is -2.35. The molecule has 0 unspecified atom stereocenters. The van der Waals surface area contributed by atoms with Gasteiger partial charge in [-0.3, -0.25) is 14.5 Å². The van der Waals surface area contributed by atoms with Crippen LogP contribution in [0.25, 0.3) is 0 Å². The van der Waals surface area contributed by atoms with E-state index in [-0.39, 0.29) is 24.1 Å². The maximum Gasteiger partial charge on any atom is 0.323 e. The average Bonchev–Trinajstić information content (AvgIpc) is 2.78. The molecule has 2 aliphatic heterocycles. The van der Waals surface area contributed by atoms with E-state index in [9.17, 15) is 9.59 Å². The van der Waals surface area contributed by atoms with Crippen LogP contribution >= 0.6 is 0 Å². The van der Waals surface area contributed by atoms with Gasteiger partial charge in [-0.05, 0) is 5.56 Å². The highest BCUT2D eigenvalue weighted by Crippen LogP contribution is 2.34. The summed E-state index contributed by atoms with van der Waals surface area (Å²) >= 11 is 0. The Morgan fingerprint density at radius 3 is 2.80 bits per heavy atom. The van der Waals surface area contributed by atoms with Gasteiger partial charge in [-0.2, -0.15) is 0 Å². The van der Waals surface area contributed by atoms with Gasteiger partial charge < -0.3 is 9.47 Å². The molecular weight excluding hydrogens is 258 g/mol. The van der Waals surface area contributed by atoms with Gasteiger partial charge in [0, 0.05) is 19.4 Å². The van der Waals surface area contributed by atoms with Gasteiger partial charge in [0.15, 0.2) is 0 Å². The Balaban J connectivity index is 1.86. The molecule has 0 aromatic heterocycles. The Hall–Kier alpha value is -1.88. The van der Waals surface area contributed by atoms with Crippen LogP contribution in [0.15, 0.2) is 30.3 Å². The largest absolute Gasteiger partial charge is 0.468 e. The fraction of sp³-hybridized carbons (Fsp3) is 0.467. The molecule has 2 saturated heterocycles. The Morgan fingerprint density at radius 2 is 2.10 bits per heavy atom. The van der Waals surface area contributed by atoms with Gasteiger partial charge in [0.2, 0.25) is 0 Å². The number of fused-ring (bicyclic) bond motifs is 2. The average molecular weight is 275 g/mol. The molecule has 1 aromatic carbocycles. The van der Waals surface area contributed by atoms with E-state index in [0.717, 1.165) is 5.56 Å². The van der Waals surface area contributed by atoms with Crippen LogP contribution < -0.4 is 0 Å². The zero-order chi connectivity index (χ0) is 14.1. The van der Waals surface area contributed by atoms with Crippen LogP contribution in [-0.2, 0) is 25.6 Å². The summed E-state index contributed by atoms with van der Waals surface area (Å²) in [5, 5.41) is 0. The van der Waals surface area contributed by atoms with E-state index in [0.29, 0.717) is 19.4 Å². The number of hydrogen-bond acceptors (Lipinski definition) is 5. The zero-order valence-corrected chi connectivity index (χ0v) is 11.3. The summed E-state index contributed by atoms with van der Waals surface area (Å²) in [5.41, 5.74) is 1.07. The molecule has 2 heterocycles. The molecule has 2 aliphatic rings. The number of likely N-dealkylation sites (tertiary alicyclic amines) is 1. The van der Waals surface area contributed by atoms with E-state index in [1.807, 2.05) is 35.2 Å². The third-order valence-electron chi connectivity index (χ3n) is 4.01. The van der Waals surface area contributed by atoms with E-state index in [2.05, 4.69) is 0 Å². The van der Waals surface area contributed by atoms with Gasteiger partial charge >= 0.3 is 11.9 Å². The fourth-order valence-electron chi connectivity index (χ4n) is 3.04. The molecule has 0 spiro atoms. The minimum absolute atomic E-state index is 0.149. The summed E-state index contributed by atoms with van der Waals surface area (Å²) in [6, 6.07) is 9.07. The first kappa shape index (κ1) is 13.1. The lowest BCUT2D eigenvalue weighted by molar-refractivity contribution is -0.150. The van der Waals surface area contributed by atoms with Crippen molar-refractivity contribution < 1.29 is 19.1 Å². The molecule has 0 radical (unpaired) electrons. The minimum atomic E-state index is -0.407. The second-order valence-corrected chi connectivity index (χ2v) is 5.24. The van der Waals surface area contributed by atoms with E-state index < -0.39 is 6.04 Å². The van der Waals surface area contributed by atoms with Crippen molar-refractivity contribution in [2.75, 3.05) is 7.11 Å². The summed E-state index contributed by atoms with van der Waals surface area (Å²) in [6.07, 6.45) is 1.03. The number of ether oxygens (including phenoxy) is 2. The molecule has 106 valence electrons. The Bertz CT molecular complexity index is 516. The highest BCUT2D eigenvalue weighted by atomic mass is 16.6. The number of carbonyl (C=O) groups is 2. The quantitative estimate of drug-likeness (QED) is 0.774. The predicted molar refractivity (Wildman–Crippen MR) is 70.7 cm³/mol. The molecule has 0 aliphatic carbocycles. The van der Waals surface area contributed by atoms with Gasteiger partial charge in [-0.15, -0.1) is 0 Å². The van der Waals surface area contributed by atoms with E-state index in [1.54, 1.807) is 0 Å². The van der Waals surface area contributed by atoms with Crippen LogP contribution in [0.5, 0.6) is 0 Å². The van der Waals surface area contributed by atoms with Gasteiger partial charge in [0.05, 0.1) is 7.11 Å². The monoisotopic (exact) mass is 275 g/mol. The smallest absolute Gasteiger partial charge is 0.323 e. The Morgan fingerprint density at radius 1 is 1.35 bits per heavy atom. The highest BCUT2D eigenvalue weighted by Gasteiger charge is 2.49. The first-order chi connectivity index (χ1) is 9.69. The van der Waals surface area contributed by atoms with Gasteiger partial charge in [0.1, 0.15) is 18.2 Å². The molecule has 3 atom stereocenters. The number of nitrogens with zero attached hydrogens (tertiary/aromatic N) is 1. The molecule has 0 N–H and O–H groups in total. The number of rotatable bonds is 3. The Kier molecular flexibility index (Phi) is 3.44. The van der Waals surface area contributed by atoms with Crippen molar-refractivity contribution in [2.45, 2.75) is 37.6 Å². The molecule has 2 bridgehead atoms. The van der Waals surface area contributed by atoms with Crippen molar-refractivity contribution >= 4 is 11.9 Å². The zero-order valence-electron chi connectivity index (χ0n) is 11.3. The Labute approximate surface area is 117 Å². The van der Waals surface area contributed by atoms with Crippen LogP contribution in [0.3, 0.4) is 0 Å². The topological polar surface area (TPSA) is 55.8 Å². The maximum atomic E-state index is 12.0. The van der Waals surface area contributed by atoms with Gasteiger partial charge in [-0.1, -0.05) is 30.3 Å². The van der Waals surface area contributed by atoms with Crippen molar-refractivity contribution in [1.82, 2.24) is 4.90 Å². The lowest BCUT2D eigenvalue weighted by atomic mass is 9.94. The van der Waals surface area contributed by atoms with Crippen LogP contribution in [0.1, 0.15) is 18.4 Å². The van der Waals surface area contributed by atoms with E-state index in [1.165, 1.54) is 7.11 Å². The molecule has 2 fully saturated rings. The molecule has 20 heavy (non-hydrogen) atoms. The number of benzene rings is 1.